The van der Waals surface area contributed by atoms with E-state index in [0.717, 1.165) is 19.1 Å². The van der Waals surface area contributed by atoms with Gasteiger partial charge in [-0.3, -0.25) is 0 Å². The van der Waals surface area contributed by atoms with E-state index in [1.54, 1.807) is 11.1 Å². The number of hydrogen-bond acceptors (Lipinski definition) is 2. The third-order valence-electron chi connectivity index (χ3n) is 5.17. The third kappa shape index (κ3) is 2.64. The lowest BCUT2D eigenvalue weighted by molar-refractivity contribution is -0.0912. The Bertz CT molecular complexity index is 450. The van der Waals surface area contributed by atoms with Crippen molar-refractivity contribution >= 4 is 0 Å². The Morgan fingerprint density at radius 2 is 2.20 bits per heavy atom. The Morgan fingerprint density at radius 3 is 2.90 bits per heavy atom. The summed E-state index contributed by atoms with van der Waals surface area (Å²) in [6, 6.07) is 9.38. The minimum atomic E-state index is 0.0266. The fourth-order valence-electron chi connectivity index (χ4n) is 3.88. The van der Waals surface area contributed by atoms with Crippen molar-refractivity contribution in [2.75, 3.05) is 13.2 Å². The molecule has 2 nitrogen and oxygen atoms in total. The lowest BCUT2D eigenvalue weighted by atomic mass is 9.71. The molecule has 0 amide bonds. The normalized spacial score (nSPS) is 30.4. The molecule has 0 spiro atoms. The lowest BCUT2D eigenvalue weighted by Gasteiger charge is -2.44. The van der Waals surface area contributed by atoms with Crippen molar-refractivity contribution in [1.82, 2.24) is 5.32 Å². The van der Waals surface area contributed by atoms with Crippen molar-refractivity contribution in [2.45, 2.75) is 63.5 Å². The number of likely N-dealkylation sites (N-methyl/N-ethyl adjacent to an activating group) is 1. The third-order valence-corrected chi connectivity index (χ3v) is 5.17. The van der Waals surface area contributed by atoms with Crippen molar-refractivity contribution < 1.29 is 4.74 Å². The van der Waals surface area contributed by atoms with E-state index in [1.165, 1.54) is 32.1 Å². The molecule has 1 aliphatic heterocycles. The van der Waals surface area contributed by atoms with Crippen LogP contribution < -0.4 is 5.32 Å². The first kappa shape index (κ1) is 14.1. The van der Waals surface area contributed by atoms with Crippen LogP contribution in [0.4, 0.5) is 0 Å². The second kappa shape index (κ2) is 5.87. The zero-order valence-electron chi connectivity index (χ0n) is 12.8. The highest BCUT2D eigenvalue weighted by Gasteiger charge is 2.39. The van der Waals surface area contributed by atoms with Gasteiger partial charge in [0.25, 0.3) is 0 Å². The molecular weight excluding hydrogens is 246 g/mol. The Labute approximate surface area is 122 Å². The highest BCUT2D eigenvalue weighted by molar-refractivity contribution is 5.40. The van der Waals surface area contributed by atoms with Crippen molar-refractivity contribution in [3.63, 3.8) is 0 Å². The van der Waals surface area contributed by atoms with Gasteiger partial charge >= 0.3 is 0 Å². The van der Waals surface area contributed by atoms with E-state index in [9.17, 15) is 0 Å². The molecule has 0 radical (unpaired) electrons. The molecule has 2 aliphatic rings. The van der Waals surface area contributed by atoms with Crippen LogP contribution in [0, 0.1) is 0 Å². The molecule has 0 aromatic heterocycles. The number of rotatable bonds is 5. The van der Waals surface area contributed by atoms with Crippen molar-refractivity contribution in [3.8, 4) is 0 Å². The van der Waals surface area contributed by atoms with E-state index < -0.39 is 0 Å². The molecule has 3 rings (SSSR count). The van der Waals surface area contributed by atoms with Crippen LogP contribution in [0.25, 0.3) is 0 Å². The highest BCUT2D eigenvalue weighted by Crippen LogP contribution is 2.41. The Kier molecular flexibility index (Phi) is 4.13. The summed E-state index contributed by atoms with van der Waals surface area (Å²) < 4.78 is 6.18. The van der Waals surface area contributed by atoms with Gasteiger partial charge in [-0.25, -0.2) is 0 Å². The fourth-order valence-corrected chi connectivity index (χ4v) is 3.88. The molecule has 20 heavy (non-hydrogen) atoms. The molecule has 1 aromatic rings. The van der Waals surface area contributed by atoms with Gasteiger partial charge in [0.15, 0.2) is 0 Å². The minimum Gasteiger partial charge on any atom is -0.374 e. The molecule has 3 atom stereocenters. The molecule has 1 saturated heterocycles. The maximum atomic E-state index is 6.18. The number of benzene rings is 1. The minimum absolute atomic E-state index is 0.0266. The van der Waals surface area contributed by atoms with Gasteiger partial charge in [0, 0.05) is 12.6 Å². The summed E-state index contributed by atoms with van der Waals surface area (Å²) in [5, 5.41) is 3.70. The summed E-state index contributed by atoms with van der Waals surface area (Å²) >= 11 is 0. The Hall–Kier alpha value is -0.860. The van der Waals surface area contributed by atoms with Gasteiger partial charge in [-0.1, -0.05) is 31.2 Å². The zero-order valence-corrected chi connectivity index (χ0v) is 12.8. The molecule has 3 unspecified atom stereocenters. The van der Waals surface area contributed by atoms with E-state index in [2.05, 4.69) is 43.4 Å². The molecule has 0 saturated carbocycles. The molecule has 1 aromatic carbocycles. The molecule has 1 heterocycles. The summed E-state index contributed by atoms with van der Waals surface area (Å²) in [4.78, 5) is 0. The topological polar surface area (TPSA) is 21.3 Å². The molecule has 1 fully saturated rings. The van der Waals surface area contributed by atoms with Crippen LogP contribution in [0.5, 0.6) is 0 Å². The SMILES string of the molecule is CCNC(CC1Cc2ccccc21)C1(C)CCCCO1. The van der Waals surface area contributed by atoms with Crippen LogP contribution in [0.2, 0.25) is 0 Å². The summed E-state index contributed by atoms with van der Waals surface area (Å²) in [5.41, 5.74) is 3.14. The van der Waals surface area contributed by atoms with Gasteiger partial charge in [-0.15, -0.1) is 0 Å². The fraction of sp³-hybridized carbons (Fsp3) is 0.667. The number of hydrogen-bond donors (Lipinski definition) is 1. The second-order valence-electron chi connectivity index (χ2n) is 6.56. The van der Waals surface area contributed by atoms with Crippen LogP contribution in [0.1, 0.15) is 56.6 Å². The molecule has 1 N–H and O–H groups in total. The van der Waals surface area contributed by atoms with Crippen molar-refractivity contribution in [3.05, 3.63) is 35.4 Å². The van der Waals surface area contributed by atoms with Gasteiger partial charge in [-0.05, 0) is 62.6 Å². The lowest BCUT2D eigenvalue weighted by Crippen LogP contribution is -2.53. The van der Waals surface area contributed by atoms with Crippen LogP contribution >= 0.6 is 0 Å². The van der Waals surface area contributed by atoms with Gasteiger partial charge in [0.2, 0.25) is 0 Å². The largest absolute Gasteiger partial charge is 0.374 e. The van der Waals surface area contributed by atoms with Gasteiger partial charge in [0.1, 0.15) is 0 Å². The van der Waals surface area contributed by atoms with E-state index in [0.29, 0.717) is 6.04 Å². The first-order valence-electron chi connectivity index (χ1n) is 8.18. The van der Waals surface area contributed by atoms with Gasteiger partial charge in [0.05, 0.1) is 5.60 Å². The average molecular weight is 273 g/mol. The van der Waals surface area contributed by atoms with Crippen LogP contribution in [0.3, 0.4) is 0 Å². The second-order valence-corrected chi connectivity index (χ2v) is 6.56. The zero-order chi connectivity index (χ0) is 14.0. The molecule has 110 valence electrons. The first-order valence-corrected chi connectivity index (χ1v) is 8.18. The van der Waals surface area contributed by atoms with E-state index in [-0.39, 0.29) is 5.60 Å². The molecule has 1 aliphatic carbocycles. The molecule has 0 bridgehead atoms. The maximum absolute atomic E-state index is 6.18. The number of ether oxygens (including phenoxy) is 1. The standard InChI is InChI=1S/C18H27NO/c1-3-19-17(18(2)10-6-7-11-20-18)13-15-12-14-8-4-5-9-16(14)15/h4-5,8-9,15,17,19H,3,6-7,10-13H2,1-2H3. The van der Waals surface area contributed by atoms with Crippen LogP contribution in [-0.4, -0.2) is 24.8 Å². The quantitative estimate of drug-likeness (QED) is 0.884. The summed E-state index contributed by atoms with van der Waals surface area (Å²) in [6.07, 6.45) is 6.18. The average Bonchev–Trinajstić information content (AvgIpc) is 2.44. The summed E-state index contributed by atoms with van der Waals surface area (Å²) in [6.45, 7) is 6.47. The Balaban J connectivity index is 1.69. The number of fused-ring (bicyclic) bond motifs is 1. The predicted molar refractivity (Wildman–Crippen MR) is 83.2 cm³/mol. The monoisotopic (exact) mass is 273 g/mol. The number of nitrogens with one attached hydrogen (secondary N) is 1. The van der Waals surface area contributed by atoms with E-state index >= 15 is 0 Å². The molecular formula is C18H27NO. The van der Waals surface area contributed by atoms with Crippen LogP contribution in [-0.2, 0) is 11.2 Å². The summed E-state index contributed by atoms with van der Waals surface area (Å²) in [5.74, 6) is 0.720. The van der Waals surface area contributed by atoms with Crippen molar-refractivity contribution in [1.29, 1.82) is 0 Å². The predicted octanol–water partition coefficient (Wildman–Crippen LogP) is 3.65. The smallest absolute Gasteiger partial charge is 0.0806 e. The van der Waals surface area contributed by atoms with Gasteiger partial charge < -0.3 is 10.1 Å². The van der Waals surface area contributed by atoms with E-state index in [1.807, 2.05) is 0 Å². The summed E-state index contributed by atoms with van der Waals surface area (Å²) in [7, 11) is 0. The Morgan fingerprint density at radius 1 is 1.35 bits per heavy atom. The molecule has 2 heteroatoms. The van der Waals surface area contributed by atoms with Crippen LogP contribution in [0.15, 0.2) is 24.3 Å². The van der Waals surface area contributed by atoms with Gasteiger partial charge in [-0.2, -0.15) is 0 Å². The first-order chi connectivity index (χ1) is 9.73. The van der Waals surface area contributed by atoms with E-state index in [4.69, 9.17) is 4.74 Å². The maximum Gasteiger partial charge on any atom is 0.0806 e. The highest BCUT2D eigenvalue weighted by atomic mass is 16.5. The van der Waals surface area contributed by atoms with Crippen molar-refractivity contribution in [2.24, 2.45) is 0 Å².